The summed E-state index contributed by atoms with van der Waals surface area (Å²) in [5.74, 6) is -0.0706. The topological polar surface area (TPSA) is 173 Å². The average molecular weight is 340 g/mol. The second kappa shape index (κ2) is 5.93. The first-order valence-corrected chi connectivity index (χ1v) is 7.11. The Balaban J connectivity index is 2.21. The molecule has 0 spiro atoms. The molecule has 4 atom stereocenters. The molecule has 24 heavy (non-hydrogen) atoms. The highest BCUT2D eigenvalue weighted by Gasteiger charge is 2.53. The first-order chi connectivity index (χ1) is 11.3. The van der Waals surface area contributed by atoms with Crippen LogP contribution in [0.5, 0.6) is 0 Å². The summed E-state index contributed by atoms with van der Waals surface area (Å²) < 4.78 is 6.79. The van der Waals surface area contributed by atoms with Crippen LogP contribution in [0, 0.1) is 0 Å². The number of hydrogen-bond acceptors (Lipinski definition) is 10. The van der Waals surface area contributed by atoms with E-state index >= 15 is 0 Å². The predicted molar refractivity (Wildman–Crippen MR) is 80.4 cm³/mol. The van der Waals surface area contributed by atoms with Crippen LogP contribution in [0.3, 0.4) is 0 Å². The zero-order chi connectivity index (χ0) is 17.6. The van der Waals surface area contributed by atoms with Crippen LogP contribution in [-0.2, 0) is 4.74 Å². The van der Waals surface area contributed by atoms with Crippen LogP contribution in [-0.4, -0.2) is 76.6 Å². The highest BCUT2D eigenvalue weighted by atomic mass is 16.6. The largest absolute Gasteiger partial charge is 0.490 e. The molecule has 1 aliphatic rings. The van der Waals surface area contributed by atoms with Crippen molar-refractivity contribution >= 4 is 29.4 Å². The summed E-state index contributed by atoms with van der Waals surface area (Å²) >= 11 is 0. The molecule has 0 unspecified atom stereocenters. The van der Waals surface area contributed by atoms with Gasteiger partial charge in [-0.15, -0.1) is 0 Å². The van der Waals surface area contributed by atoms with Gasteiger partial charge in [0.25, 0.3) is 0 Å². The van der Waals surface area contributed by atoms with E-state index in [0.29, 0.717) is 0 Å². The van der Waals surface area contributed by atoms with Gasteiger partial charge in [-0.3, -0.25) is 10.7 Å². The van der Waals surface area contributed by atoms with Gasteiger partial charge >= 0.3 is 7.12 Å². The van der Waals surface area contributed by atoms with Gasteiger partial charge in [-0.25, -0.2) is 9.97 Å². The van der Waals surface area contributed by atoms with Crippen LogP contribution < -0.4 is 10.9 Å². The highest BCUT2D eigenvalue weighted by molar-refractivity contribution is 6.62. The number of nitrogens with one attached hydrogen (secondary N) is 1. The van der Waals surface area contributed by atoms with Crippen molar-refractivity contribution in [2.75, 3.05) is 12.1 Å². The van der Waals surface area contributed by atoms with Gasteiger partial charge in [0.15, 0.2) is 12.0 Å². The molecule has 0 aliphatic carbocycles. The zero-order valence-electron chi connectivity index (χ0n) is 12.6. The van der Waals surface area contributed by atoms with E-state index < -0.39 is 37.8 Å². The van der Waals surface area contributed by atoms with Crippen LogP contribution in [0.25, 0.3) is 11.0 Å². The van der Waals surface area contributed by atoms with Crippen molar-refractivity contribution in [3.05, 3.63) is 12.5 Å². The van der Waals surface area contributed by atoms with Gasteiger partial charge in [-0.05, 0) is 6.92 Å². The number of aliphatic hydroxyl groups excluding tert-OH is 2. The van der Waals surface area contributed by atoms with E-state index in [-0.39, 0.29) is 22.3 Å². The summed E-state index contributed by atoms with van der Waals surface area (Å²) in [6.45, 7) is 0.812. The third-order valence-electron chi connectivity index (χ3n) is 4.21. The SMILES string of the molecule is C[C@]1(O)[C@H](O)[C@@H](CO)O[C@H]1n1cc(B(O)O)c2c(NO)ncnc21. The van der Waals surface area contributed by atoms with Crippen molar-refractivity contribution < 1.29 is 35.3 Å². The number of rotatable bonds is 4. The van der Waals surface area contributed by atoms with Gasteiger partial charge in [0, 0.05) is 11.7 Å². The first kappa shape index (κ1) is 17.0. The fourth-order valence-corrected chi connectivity index (χ4v) is 2.96. The second-order valence-corrected chi connectivity index (χ2v) is 5.78. The summed E-state index contributed by atoms with van der Waals surface area (Å²) in [7, 11) is -1.91. The Morgan fingerprint density at radius 2 is 2.12 bits per heavy atom. The molecule has 12 heteroatoms. The second-order valence-electron chi connectivity index (χ2n) is 5.78. The van der Waals surface area contributed by atoms with Crippen molar-refractivity contribution in [2.45, 2.75) is 31.0 Å². The quantitative estimate of drug-likeness (QED) is 0.223. The Morgan fingerprint density at radius 1 is 1.42 bits per heavy atom. The summed E-state index contributed by atoms with van der Waals surface area (Å²) in [5.41, 5.74) is 0.144. The molecule has 1 aliphatic heterocycles. The minimum atomic E-state index is -1.91. The van der Waals surface area contributed by atoms with E-state index in [4.69, 9.17) is 4.74 Å². The van der Waals surface area contributed by atoms with E-state index in [1.54, 1.807) is 0 Å². The maximum atomic E-state index is 10.6. The lowest BCUT2D eigenvalue weighted by Gasteiger charge is -2.27. The van der Waals surface area contributed by atoms with E-state index in [1.807, 2.05) is 5.48 Å². The Kier molecular flexibility index (Phi) is 4.21. The summed E-state index contributed by atoms with van der Waals surface area (Å²) in [4.78, 5) is 7.81. The van der Waals surface area contributed by atoms with Gasteiger partial charge in [0.2, 0.25) is 0 Å². The lowest BCUT2D eigenvalue weighted by Crippen LogP contribution is -2.44. The van der Waals surface area contributed by atoms with Gasteiger partial charge in [0.1, 0.15) is 29.8 Å². The molecule has 0 saturated carbocycles. The Morgan fingerprint density at radius 3 is 2.67 bits per heavy atom. The van der Waals surface area contributed by atoms with Crippen LogP contribution in [0.2, 0.25) is 0 Å². The number of aromatic nitrogens is 3. The normalized spacial score (nSPS) is 30.0. The van der Waals surface area contributed by atoms with Crippen LogP contribution in [0.15, 0.2) is 12.5 Å². The molecule has 1 fully saturated rings. The molecular weight excluding hydrogens is 323 g/mol. The fourth-order valence-electron chi connectivity index (χ4n) is 2.96. The molecule has 2 aromatic heterocycles. The van der Waals surface area contributed by atoms with Gasteiger partial charge in [-0.1, -0.05) is 0 Å². The monoisotopic (exact) mass is 340 g/mol. The van der Waals surface area contributed by atoms with E-state index in [2.05, 4.69) is 9.97 Å². The number of fused-ring (bicyclic) bond motifs is 1. The average Bonchev–Trinajstić information content (AvgIpc) is 3.04. The molecule has 0 aromatic carbocycles. The van der Waals surface area contributed by atoms with Crippen LogP contribution >= 0.6 is 0 Å². The zero-order valence-corrected chi connectivity index (χ0v) is 12.6. The lowest BCUT2D eigenvalue weighted by atomic mass is 9.80. The van der Waals surface area contributed by atoms with Crippen molar-refractivity contribution in [1.82, 2.24) is 14.5 Å². The minimum Gasteiger partial charge on any atom is -0.423 e. The molecule has 0 amide bonds. The summed E-state index contributed by atoms with van der Waals surface area (Å²) in [5, 5.41) is 58.4. The van der Waals surface area contributed by atoms with Crippen LogP contribution in [0.1, 0.15) is 13.2 Å². The van der Waals surface area contributed by atoms with E-state index in [1.165, 1.54) is 17.7 Å². The third-order valence-corrected chi connectivity index (χ3v) is 4.21. The van der Waals surface area contributed by atoms with Gasteiger partial charge in [-0.2, -0.15) is 0 Å². The van der Waals surface area contributed by atoms with Crippen molar-refractivity contribution in [3.63, 3.8) is 0 Å². The Labute approximate surface area is 135 Å². The Hall–Kier alpha value is -1.80. The predicted octanol–water partition coefficient (Wildman–Crippen LogP) is -3.09. The van der Waals surface area contributed by atoms with Crippen molar-refractivity contribution in [2.24, 2.45) is 0 Å². The molecular formula is C12H17BN4O7. The molecule has 3 heterocycles. The van der Waals surface area contributed by atoms with E-state index in [0.717, 1.165) is 6.33 Å². The molecule has 0 radical (unpaired) electrons. The van der Waals surface area contributed by atoms with Crippen LogP contribution in [0.4, 0.5) is 5.82 Å². The maximum Gasteiger partial charge on any atom is 0.490 e. The summed E-state index contributed by atoms with van der Waals surface area (Å²) in [6.07, 6.45) is -1.18. The molecule has 2 aromatic rings. The number of anilines is 1. The van der Waals surface area contributed by atoms with E-state index in [9.17, 15) is 30.6 Å². The summed E-state index contributed by atoms with van der Waals surface area (Å²) in [6, 6.07) is 0. The van der Waals surface area contributed by atoms with Crippen molar-refractivity contribution in [3.8, 4) is 0 Å². The molecule has 130 valence electrons. The molecule has 11 nitrogen and oxygen atoms in total. The van der Waals surface area contributed by atoms with Gasteiger partial charge < -0.3 is 34.7 Å². The third kappa shape index (κ3) is 2.36. The maximum absolute atomic E-state index is 10.6. The molecule has 1 saturated heterocycles. The fraction of sp³-hybridized carbons (Fsp3) is 0.500. The number of nitrogens with zero attached hydrogens (tertiary/aromatic N) is 3. The lowest BCUT2D eigenvalue weighted by molar-refractivity contribution is -0.0947. The number of hydrogen-bond donors (Lipinski definition) is 7. The standard InChI is InChI=1S/C12H17BN4O7/c1-12(20)8(19)6(3-18)24-11(12)17-2-5(13(21)22)7-9(16-23)14-4-15-10(7)17/h2,4,6,8,11,18-23H,3H2,1H3,(H,14,15,16)/t6-,8-,11-,12+/m1/s1. The number of aliphatic hydroxyl groups is 3. The van der Waals surface area contributed by atoms with Crippen molar-refractivity contribution in [1.29, 1.82) is 0 Å². The molecule has 7 N–H and O–H groups in total. The molecule has 0 bridgehead atoms. The smallest absolute Gasteiger partial charge is 0.423 e. The highest BCUT2D eigenvalue weighted by Crippen LogP contribution is 2.39. The Bertz CT molecular complexity index is 752. The minimum absolute atomic E-state index is 0.0384. The number of ether oxygens (including phenoxy) is 1. The molecule has 3 rings (SSSR count). The van der Waals surface area contributed by atoms with Gasteiger partial charge in [0.05, 0.1) is 12.0 Å². The first-order valence-electron chi connectivity index (χ1n) is 7.11.